The summed E-state index contributed by atoms with van der Waals surface area (Å²) in [6, 6.07) is 13.4. The van der Waals surface area contributed by atoms with Gasteiger partial charge in [-0.1, -0.05) is 19.8 Å². The van der Waals surface area contributed by atoms with Crippen LogP contribution >= 0.6 is 11.8 Å². The highest BCUT2D eigenvalue weighted by Gasteiger charge is 2.21. The average molecular weight is 407 g/mol. The van der Waals surface area contributed by atoms with Crippen molar-refractivity contribution in [3.63, 3.8) is 0 Å². The summed E-state index contributed by atoms with van der Waals surface area (Å²) < 4.78 is 26.8. The van der Waals surface area contributed by atoms with E-state index in [1.165, 1.54) is 11.4 Å². The Morgan fingerprint density at radius 3 is 2.22 bits per heavy atom. The van der Waals surface area contributed by atoms with Crippen molar-refractivity contribution in [2.75, 3.05) is 24.2 Å². The van der Waals surface area contributed by atoms with Gasteiger partial charge in [-0.05, 0) is 61.2 Å². The molecule has 0 aliphatic heterocycles. The molecule has 0 bridgehead atoms. The number of sulfonamides is 1. The molecule has 0 spiro atoms. The largest absolute Gasteiger partial charge is 0.352 e. The van der Waals surface area contributed by atoms with Crippen molar-refractivity contribution < 1.29 is 13.2 Å². The third kappa shape index (κ3) is 5.49. The van der Waals surface area contributed by atoms with E-state index in [4.69, 9.17) is 0 Å². The molecule has 0 heterocycles. The Balaban J connectivity index is 2.09. The van der Waals surface area contributed by atoms with Crippen molar-refractivity contribution >= 4 is 33.4 Å². The summed E-state index contributed by atoms with van der Waals surface area (Å²) in [5.74, 6) is -0.143. The Morgan fingerprint density at radius 1 is 1.04 bits per heavy atom. The van der Waals surface area contributed by atoms with Crippen LogP contribution in [0.15, 0.2) is 58.3 Å². The summed E-state index contributed by atoms with van der Waals surface area (Å²) >= 11 is 1.56. The molecule has 2 rings (SSSR count). The minimum atomic E-state index is -3.65. The smallest absolute Gasteiger partial charge is 0.264 e. The van der Waals surface area contributed by atoms with E-state index in [9.17, 15) is 13.2 Å². The summed E-state index contributed by atoms with van der Waals surface area (Å²) in [6.45, 7) is 2.76. The molecule has 0 aliphatic rings. The summed E-state index contributed by atoms with van der Waals surface area (Å²) in [7, 11) is -2.14. The summed E-state index contributed by atoms with van der Waals surface area (Å²) in [5.41, 5.74) is 1.02. The zero-order valence-electron chi connectivity index (χ0n) is 15.9. The summed E-state index contributed by atoms with van der Waals surface area (Å²) in [6.07, 6.45) is 5.08. The Hall–Kier alpha value is -1.99. The number of benzene rings is 2. The number of carbonyl (C=O) groups is 1. The zero-order valence-corrected chi connectivity index (χ0v) is 17.6. The van der Waals surface area contributed by atoms with Gasteiger partial charge in [0.1, 0.15) is 0 Å². The number of anilines is 1. The second kappa shape index (κ2) is 9.80. The number of nitrogens with zero attached hydrogens (tertiary/aromatic N) is 1. The van der Waals surface area contributed by atoms with Gasteiger partial charge in [0.25, 0.3) is 15.9 Å². The Bertz CT molecular complexity index is 848. The monoisotopic (exact) mass is 406 g/mol. The van der Waals surface area contributed by atoms with Crippen LogP contribution in [0, 0.1) is 0 Å². The fourth-order valence-corrected chi connectivity index (χ4v) is 4.15. The zero-order chi connectivity index (χ0) is 19.9. The lowest BCUT2D eigenvalue weighted by Gasteiger charge is -2.20. The predicted molar refractivity (Wildman–Crippen MR) is 112 cm³/mol. The van der Waals surface area contributed by atoms with E-state index in [1.54, 1.807) is 60.3 Å². The van der Waals surface area contributed by atoms with Crippen LogP contribution in [0.1, 0.15) is 36.5 Å². The van der Waals surface area contributed by atoms with E-state index in [0.717, 1.165) is 24.2 Å². The SMILES string of the molecule is CCCCCNC(=O)c1ccc(N(C)S(=O)(=O)c2ccc(SC)cc2)cc1. The average Bonchev–Trinajstić information content (AvgIpc) is 2.70. The van der Waals surface area contributed by atoms with Crippen molar-refractivity contribution in [3.8, 4) is 0 Å². The van der Waals surface area contributed by atoms with Crippen LogP contribution < -0.4 is 9.62 Å². The molecule has 2 aromatic rings. The van der Waals surface area contributed by atoms with Crippen LogP contribution in [0.25, 0.3) is 0 Å². The molecule has 5 nitrogen and oxygen atoms in total. The summed E-state index contributed by atoms with van der Waals surface area (Å²) in [5, 5.41) is 2.88. The van der Waals surface area contributed by atoms with Gasteiger partial charge in [0.2, 0.25) is 0 Å². The molecule has 0 aromatic heterocycles. The lowest BCUT2D eigenvalue weighted by molar-refractivity contribution is 0.0953. The van der Waals surface area contributed by atoms with Crippen LogP contribution in [0.3, 0.4) is 0 Å². The van der Waals surface area contributed by atoms with Crippen LogP contribution in [0.4, 0.5) is 5.69 Å². The highest BCUT2D eigenvalue weighted by molar-refractivity contribution is 7.98. The molecular formula is C20H26N2O3S2. The second-order valence-corrected chi connectivity index (χ2v) is 9.01. The Kier molecular flexibility index (Phi) is 7.74. The van der Waals surface area contributed by atoms with Gasteiger partial charge in [-0.15, -0.1) is 11.8 Å². The van der Waals surface area contributed by atoms with Crippen molar-refractivity contribution in [2.45, 2.75) is 36.0 Å². The lowest BCUT2D eigenvalue weighted by atomic mass is 10.2. The molecular weight excluding hydrogens is 380 g/mol. The maximum Gasteiger partial charge on any atom is 0.264 e. The fourth-order valence-electron chi connectivity index (χ4n) is 2.55. The minimum absolute atomic E-state index is 0.143. The van der Waals surface area contributed by atoms with Crippen molar-refractivity contribution in [1.82, 2.24) is 5.32 Å². The molecule has 0 saturated heterocycles. The third-order valence-corrected chi connectivity index (χ3v) is 6.82. The number of hydrogen-bond acceptors (Lipinski definition) is 4. The number of thioether (sulfide) groups is 1. The lowest BCUT2D eigenvalue weighted by Crippen LogP contribution is -2.27. The quantitative estimate of drug-likeness (QED) is 0.502. The van der Waals surface area contributed by atoms with E-state index in [0.29, 0.717) is 17.8 Å². The first kappa shape index (κ1) is 21.3. The molecule has 1 amide bonds. The number of amides is 1. The van der Waals surface area contributed by atoms with Crippen LogP contribution in [0.5, 0.6) is 0 Å². The number of rotatable bonds is 9. The number of nitrogens with one attached hydrogen (secondary N) is 1. The van der Waals surface area contributed by atoms with Crippen LogP contribution in [0.2, 0.25) is 0 Å². The van der Waals surface area contributed by atoms with Crippen LogP contribution in [-0.4, -0.2) is 34.2 Å². The molecule has 0 fully saturated rings. The van der Waals surface area contributed by atoms with E-state index in [2.05, 4.69) is 12.2 Å². The Labute approximate surface area is 166 Å². The predicted octanol–water partition coefficient (Wildman–Crippen LogP) is 4.15. The Morgan fingerprint density at radius 2 is 1.67 bits per heavy atom. The molecule has 2 aromatic carbocycles. The molecule has 27 heavy (non-hydrogen) atoms. The minimum Gasteiger partial charge on any atom is -0.352 e. The standard InChI is InChI=1S/C20H26N2O3S2/c1-4-5-6-15-21-20(23)16-7-9-17(10-8-16)22(2)27(24,25)19-13-11-18(26-3)12-14-19/h7-14H,4-6,15H2,1-3H3,(H,21,23). The van der Waals surface area contributed by atoms with Gasteiger partial charge in [0.15, 0.2) is 0 Å². The van der Waals surface area contributed by atoms with Gasteiger partial charge in [0, 0.05) is 24.1 Å². The molecule has 0 atom stereocenters. The maximum atomic E-state index is 12.8. The first-order valence-corrected chi connectivity index (χ1v) is 11.6. The van der Waals surface area contributed by atoms with E-state index < -0.39 is 10.0 Å². The van der Waals surface area contributed by atoms with Gasteiger partial charge in [-0.2, -0.15) is 0 Å². The maximum absolute atomic E-state index is 12.8. The highest BCUT2D eigenvalue weighted by atomic mass is 32.2. The first-order chi connectivity index (χ1) is 12.9. The molecule has 0 unspecified atom stereocenters. The van der Waals surface area contributed by atoms with Gasteiger partial charge >= 0.3 is 0 Å². The van der Waals surface area contributed by atoms with Crippen molar-refractivity contribution in [1.29, 1.82) is 0 Å². The highest BCUT2D eigenvalue weighted by Crippen LogP contribution is 2.24. The number of unbranched alkanes of at least 4 members (excludes halogenated alkanes) is 2. The second-order valence-electron chi connectivity index (χ2n) is 6.16. The molecule has 7 heteroatoms. The van der Waals surface area contributed by atoms with E-state index >= 15 is 0 Å². The number of hydrogen-bond donors (Lipinski definition) is 1. The fraction of sp³-hybridized carbons (Fsp3) is 0.350. The van der Waals surface area contributed by atoms with Gasteiger partial charge < -0.3 is 5.32 Å². The molecule has 146 valence electrons. The number of carbonyl (C=O) groups excluding carboxylic acids is 1. The van der Waals surface area contributed by atoms with E-state index in [1.807, 2.05) is 6.26 Å². The normalized spacial score (nSPS) is 11.2. The van der Waals surface area contributed by atoms with Crippen LogP contribution in [-0.2, 0) is 10.0 Å². The third-order valence-electron chi connectivity index (χ3n) is 4.28. The van der Waals surface area contributed by atoms with Crippen molar-refractivity contribution in [3.05, 3.63) is 54.1 Å². The topological polar surface area (TPSA) is 66.5 Å². The van der Waals surface area contributed by atoms with Gasteiger partial charge in [0.05, 0.1) is 10.6 Å². The van der Waals surface area contributed by atoms with Crippen molar-refractivity contribution in [2.24, 2.45) is 0 Å². The van der Waals surface area contributed by atoms with Gasteiger partial charge in [-0.3, -0.25) is 9.10 Å². The van der Waals surface area contributed by atoms with Gasteiger partial charge in [-0.25, -0.2) is 8.42 Å². The molecule has 0 aliphatic carbocycles. The van der Waals surface area contributed by atoms with E-state index in [-0.39, 0.29) is 10.8 Å². The summed E-state index contributed by atoms with van der Waals surface area (Å²) in [4.78, 5) is 13.4. The molecule has 0 saturated carbocycles. The molecule has 1 N–H and O–H groups in total. The first-order valence-electron chi connectivity index (χ1n) is 8.91. The molecule has 0 radical (unpaired) electrons.